The summed E-state index contributed by atoms with van der Waals surface area (Å²) in [6.45, 7) is 0.00324. The van der Waals surface area contributed by atoms with Crippen molar-refractivity contribution in [3.63, 3.8) is 0 Å². The van der Waals surface area contributed by atoms with Gasteiger partial charge in [-0.3, -0.25) is 0 Å². The van der Waals surface area contributed by atoms with Crippen LogP contribution in [-0.2, 0) is 18.6 Å². The Bertz CT molecular complexity index is 174. The van der Waals surface area contributed by atoms with E-state index < -0.39 is 26.6 Å². The summed E-state index contributed by atoms with van der Waals surface area (Å²) in [5.74, 6) is 0. The maximum atomic E-state index is 10.4. The van der Waals surface area contributed by atoms with E-state index >= 15 is 0 Å². The SMILES string of the molecule is COC1CO[C@H](CO)C1O[P+](=O)O. The monoisotopic (exact) mass is 211 g/mol. The van der Waals surface area contributed by atoms with Gasteiger partial charge in [0.05, 0.1) is 13.2 Å². The second-order valence-electron chi connectivity index (χ2n) is 2.64. The van der Waals surface area contributed by atoms with Gasteiger partial charge in [0, 0.05) is 11.7 Å². The third-order valence-corrected chi connectivity index (χ3v) is 2.33. The Labute approximate surface area is 76.4 Å². The number of rotatable bonds is 4. The third kappa shape index (κ3) is 2.67. The normalized spacial score (nSPS) is 35.0. The summed E-state index contributed by atoms with van der Waals surface area (Å²) in [6.07, 6.45) is -1.66. The van der Waals surface area contributed by atoms with Crippen molar-refractivity contribution >= 4 is 8.25 Å². The number of aliphatic hydroxyl groups is 1. The number of hydrogen-bond donors (Lipinski definition) is 2. The van der Waals surface area contributed by atoms with Crippen molar-refractivity contribution in [1.29, 1.82) is 0 Å². The minimum Gasteiger partial charge on any atom is -0.394 e. The van der Waals surface area contributed by atoms with E-state index in [0.717, 1.165) is 0 Å². The molecule has 0 amide bonds. The van der Waals surface area contributed by atoms with Gasteiger partial charge in [-0.2, -0.15) is 0 Å². The molecule has 6 nitrogen and oxygen atoms in total. The lowest BCUT2D eigenvalue weighted by Gasteiger charge is -2.13. The van der Waals surface area contributed by atoms with Crippen LogP contribution >= 0.6 is 8.25 Å². The summed E-state index contributed by atoms with van der Waals surface area (Å²) in [4.78, 5) is 8.53. The van der Waals surface area contributed by atoms with Crippen molar-refractivity contribution in [2.24, 2.45) is 0 Å². The van der Waals surface area contributed by atoms with E-state index in [1.807, 2.05) is 0 Å². The molecule has 1 heterocycles. The lowest BCUT2D eigenvalue weighted by Crippen LogP contribution is -2.34. The minimum absolute atomic E-state index is 0.256. The van der Waals surface area contributed by atoms with Gasteiger partial charge in [-0.25, -0.2) is 0 Å². The van der Waals surface area contributed by atoms with Crippen LogP contribution in [0, 0.1) is 0 Å². The van der Waals surface area contributed by atoms with E-state index in [1.165, 1.54) is 7.11 Å². The zero-order chi connectivity index (χ0) is 9.84. The van der Waals surface area contributed by atoms with Crippen LogP contribution in [0.1, 0.15) is 0 Å². The summed E-state index contributed by atoms with van der Waals surface area (Å²) in [6, 6.07) is 0. The predicted octanol–water partition coefficient (Wildman–Crippen LogP) is -0.573. The van der Waals surface area contributed by atoms with Gasteiger partial charge in [-0.05, 0) is 0 Å². The molecule has 1 rings (SSSR count). The van der Waals surface area contributed by atoms with Crippen LogP contribution in [0.15, 0.2) is 0 Å². The number of ether oxygens (including phenoxy) is 2. The Morgan fingerprint density at radius 1 is 1.69 bits per heavy atom. The molecule has 0 radical (unpaired) electrons. The average Bonchev–Trinajstić information content (AvgIpc) is 2.46. The Morgan fingerprint density at radius 3 is 2.85 bits per heavy atom. The van der Waals surface area contributed by atoms with Crippen LogP contribution in [0.2, 0.25) is 0 Å². The lowest BCUT2D eigenvalue weighted by molar-refractivity contribution is -0.00107. The first-order chi connectivity index (χ1) is 6.19. The second-order valence-corrected chi connectivity index (χ2v) is 3.32. The molecule has 0 aromatic carbocycles. The first-order valence-corrected chi connectivity index (χ1v) is 4.90. The van der Waals surface area contributed by atoms with Crippen LogP contribution in [0.5, 0.6) is 0 Å². The van der Waals surface area contributed by atoms with E-state index in [4.69, 9.17) is 19.5 Å². The molecule has 2 N–H and O–H groups in total. The molecule has 0 spiro atoms. The van der Waals surface area contributed by atoms with Crippen molar-refractivity contribution in [2.45, 2.75) is 18.3 Å². The lowest BCUT2D eigenvalue weighted by atomic mass is 10.1. The molecular weight excluding hydrogens is 199 g/mol. The van der Waals surface area contributed by atoms with Crippen LogP contribution in [-0.4, -0.2) is 48.6 Å². The van der Waals surface area contributed by atoms with Crippen molar-refractivity contribution in [3.8, 4) is 0 Å². The average molecular weight is 211 g/mol. The fourth-order valence-electron chi connectivity index (χ4n) is 1.25. The van der Waals surface area contributed by atoms with Gasteiger partial charge in [-0.15, -0.1) is 9.42 Å². The molecule has 1 saturated heterocycles. The smallest absolute Gasteiger partial charge is 0.394 e. The zero-order valence-corrected chi connectivity index (χ0v) is 8.02. The molecule has 76 valence electrons. The molecule has 0 aromatic heterocycles. The van der Waals surface area contributed by atoms with Crippen LogP contribution in [0.3, 0.4) is 0 Å². The minimum atomic E-state index is -2.70. The van der Waals surface area contributed by atoms with Gasteiger partial charge < -0.3 is 14.6 Å². The highest BCUT2D eigenvalue weighted by atomic mass is 31.1. The van der Waals surface area contributed by atoms with Crippen molar-refractivity contribution in [3.05, 3.63) is 0 Å². The fraction of sp³-hybridized carbons (Fsp3) is 1.00. The maximum absolute atomic E-state index is 10.4. The molecule has 0 bridgehead atoms. The van der Waals surface area contributed by atoms with E-state index in [1.54, 1.807) is 0 Å². The number of hydrogen-bond acceptors (Lipinski definition) is 5. The van der Waals surface area contributed by atoms with Crippen molar-refractivity contribution < 1.29 is 28.6 Å². The highest BCUT2D eigenvalue weighted by Crippen LogP contribution is 2.28. The summed E-state index contributed by atoms with van der Waals surface area (Å²) in [5.41, 5.74) is 0. The Kier molecular flexibility index (Phi) is 4.18. The molecule has 1 aliphatic rings. The standard InChI is InChI=1S/C6H11O6P/c1-10-5-3-11-4(2-7)6(5)12-13(8)9/h4-7H,2-3H2,1H3/p+1/t4-,5?,6?/m1/s1. The van der Waals surface area contributed by atoms with Crippen molar-refractivity contribution in [2.75, 3.05) is 20.3 Å². The topological polar surface area (TPSA) is 85.2 Å². The summed E-state index contributed by atoms with van der Waals surface area (Å²) in [7, 11) is -1.24. The first-order valence-electron chi connectivity index (χ1n) is 3.77. The van der Waals surface area contributed by atoms with Gasteiger partial charge >= 0.3 is 8.25 Å². The summed E-state index contributed by atoms with van der Waals surface area (Å²) >= 11 is 0. The van der Waals surface area contributed by atoms with Crippen LogP contribution in [0.25, 0.3) is 0 Å². The first kappa shape index (κ1) is 11.0. The maximum Gasteiger partial charge on any atom is 0.695 e. The van der Waals surface area contributed by atoms with E-state index in [2.05, 4.69) is 4.52 Å². The third-order valence-electron chi connectivity index (χ3n) is 1.90. The molecule has 1 fully saturated rings. The van der Waals surface area contributed by atoms with Gasteiger partial charge in [0.15, 0.2) is 6.10 Å². The molecule has 0 saturated carbocycles. The highest BCUT2D eigenvalue weighted by molar-refractivity contribution is 7.32. The largest absolute Gasteiger partial charge is 0.695 e. The molecule has 1 aliphatic heterocycles. The molecule has 0 aliphatic carbocycles. The number of methoxy groups -OCH3 is 1. The number of aliphatic hydroxyl groups excluding tert-OH is 1. The molecular formula is C6H12O6P+. The molecule has 3 unspecified atom stereocenters. The van der Waals surface area contributed by atoms with Crippen LogP contribution < -0.4 is 0 Å². The van der Waals surface area contributed by atoms with Gasteiger partial charge in [0.25, 0.3) is 0 Å². The Balaban J connectivity index is 2.56. The van der Waals surface area contributed by atoms with E-state index in [9.17, 15) is 4.57 Å². The molecule has 13 heavy (non-hydrogen) atoms. The Hall–Kier alpha value is -0.100. The molecule has 0 aromatic rings. The summed E-state index contributed by atoms with van der Waals surface area (Å²) in [5, 5.41) is 8.83. The van der Waals surface area contributed by atoms with Gasteiger partial charge in [0.2, 0.25) is 0 Å². The van der Waals surface area contributed by atoms with Gasteiger partial charge in [-0.1, -0.05) is 0 Å². The summed E-state index contributed by atoms with van der Waals surface area (Å²) < 4.78 is 25.1. The van der Waals surface area contributed by atoms with E-state index in [0.29, 0.717) is 0 Å². The fourth-order valence-corrected chi connectivity index (χ4v) is 1.73. The Morgan fingerprint density at radius 2 is 2.38 bits per heavy atom. The predicted molar refractivity (Wildman–Crippen MR) is 42.3 cm³/mol. The second kappa shape index (κ2) is 4.95. The highest BCUT2D eigenvalue weighted by Gasteiger charge is 2.43. The van der Waals surface area contributed by atoms with Gasteiger partial charge in [0.1, 0.15) is 12.2 Å². The molecule has 4 atom stereocenters. The van der Waals surface area contributed by atoms with Crippen molar-refractivity contribution in [1.82, 2.24) is 0 Å². The zero-order valence-electron chi connectivity index (χ0n) is 7.12. The van der Waals surface area contributed by atoms with E-state index in [-0.39, 0.29) is 13.2 Å². The quantitative estimate of drug-likeness (QED) is 0.605. The van der Waals surface area contributed by atoms with Crippen LogP contribution in [0.4, 0.5) is 0 Å². The molecule has 7 heteroatoms.